The molecule has 4 aromatic rings. The van der Waals surface area contributed by atoms with Crippen LogP contribution in [0.25, 0.3) is 21.9 Å². The number of benzene rings is 4. The van der Waals surface area contributed by atoms with Gasteiger partial charge >= 0.3 is 0 Å². The van der Waals surface area contributed by atoms with Gasteiger partial charge in [-0.1, -0.05) is 18.2 Å². The molecule has 0 unspecified atom stereocenters. The molecule has 174 valence electrons. The van der Waals surface area contributed by atoms with Crippen molar-refractivity contribution in [2.75, 3.05) is 35.5 Å². The molecular weight excluding hydrogens is 432 g/mol. The van der Waals surface area contributed by atoms with Crippen molar-refractivity contribution in [2.45, 2.75) is 6.10 Å². The number of hydrogen-bond acceptors (Lipinski definition) is 6. The number of fused-ring (bicyclic) bond motifs is 5. The van der Waals surface area contributed by atoms with E-state index in [0.717, 1.165) is 44.5 Å². The molecule has 0 spiro atoms. The molecule has 0 radical (unpaired) electrons. The van der Waals surface area contributed by atoms with E-state index in [0.29, 0.717) is 23.0 Å². The molecule has 0 fully saturated rings. The van der Waals surface area contributed by atoms with Crippen molar-refractivity contribution in [1.82, 2.24) is 0 Å². The van der Waals surface area contributed by atoms with Crippen LogP contribution in [0, 0.1) is 0 Å². The van der Waals surface area contributed by atoms with E-state index in [1.54, 1.807) is 35.5 Å². The summed E-state index contributed by atoms with van der Waals surface area (Å²) in [6.07, 6.45) is -0.355. The third-order valence-electron chi connectivity index (χ3n) is 6.26. The summed E-state index contributed by atoms with van der Waals surface area (Å²) >= 11 is 0. The van der Waals surface area contributed by atoms with Crippen LogP contribution in [0.3, 0.4) is 0 Å². The maximum absolute atomic E-state index is 6.74. The van der Waals surface area contributed by atoms with E-state index < -0.39 is 0 Å². The first-order valence-electron chi connectivity index (χ1n) is 10.9. The monoisotopic (exact) mass is 458 g/mol. The molecule has 1 heterocycles. The Morgan fingerprint density at radius 2 is 1.21 bits per heavy atom. The average molecular weight is 459 g/mol. The summed E-state index contributed by atoms with van der Waals surface area (Å²) < 4.78 is 34.4. The van der Waals surface area contributed by atoms with E-state index in [1.807, 2.05) is 48.5 Å². The molecule has 6 heteroatoms. The number of ether oxygens (including phenoxy) is 6. The van der Waals surface area contributed by atoms with Gasteiger partial charge in [0.05, 0.1) is 35.5 Å². The Kier molecular flexibility index (Phi) is 5.57. The van der Waals surface area contributed by atoms with E-state index in [4.69, 9.17) is 28.4 Å². The molecule has 0 aromatic heterocycles. The first-order chi connectivity index (χ1) is 16.6. The Bertz CT molecular complexity index is 1360. The molecular formula is C28H26O6. The summed E-state index contributed by atoms with van der Waals surface area (Å²) in [6.45, 7) is 0. The zero-order chi connectivity index (χ0) is 23.8. The smallest absolute Gasteiger partial charge is 0.161 e. The Labute approximate surface area is 198 Å². The van der Waals surface area contributed by atoms with E-state index in [2.05, 4.69) is 12.1 Å². The van der Waals surface area contributed by atoms with Crippen molar-refractivity contribution >= 4 is 10.8 Å². The van der Waals surface area contributed by atoms with E-state index >= 15 is 0 Å². The fraction of sp³-hybridized carbons (Fsp3) is 0.214. The zero-order valence-electron chi connectivity index (χ0n) is 19.8. The number of methoxy groups -OCH3 is 5. The summed E-state index contributed by atoms with van der Waals surface area (Å²) in [5.74, 6) is 4.19. The van der Waals surface area contributed by atoms with E-state index in [1.165, 1.54) is 0 Å². The Morgan fingerprint density at radius 1 is 0.588 bits per heavy atom. The van der Waals surface area contributed by atoms with Gasteiger partial charge in [0.25, 0.3) is 0 Å². The number of rotatable bonds is 6. The van der Waals surface area contributed by atoms with Crippen LogP contribution in [0.1, 0.15) is 17.2 Å². The zero-order valence-corrected chi connectivity index (χ0v) is 19.8. The Morgan fingerprint density at radius 3 is 1.85 bits per heavy atom. The quantitative estimate of drug-likeness (QED) is 0.352. The molecule has 1 aliphatic heterocycles. The molecule has 34 heavy (non-hydrogen) atoms. The van der Waals surface area contributed by atoms with Crippen LogP contribution in [-0.2, 0) is 0 Å². The second kappa shape index (κ2) is 8.71. The maximum atomic E-state index is 6.74. The first kappa shape index (κ1) is 21.8. The molecule has 0 N–H and O–H groups in total. The van der Waals surface area contributed by atoms with E-state index in [9.17, 15) is 0 Å². The van der Waals surface area contributed by atoms with Gasteiger partial charge in [0.2, 0.25) is 0 Å². The Balaban J connectivity index is 1.78. The minimum absolute atomic E-state index is 0.355. The van der Waals surface area contributed by atoms with Crippen molar-refractivity contribution in [3.05, 3.63) is 71.8 Å². The summed E-state index contributed by atoms with van der Waals surface area (Å²) in [6, 6.07) is 20.0. The lowest BCUT2D eigenvalue weighted by Gasteiger charge is -2.31. The lowest BCUT2D eigenvalue weighted by atomic mass is 9.87. The molecule has 0 aliphatic carbocycles. The molecule has 4 aromatic carbocycles. The van der Waals surface area contributed by atoms with Crippen molar-refractivity contribution in [3.8, 4) is 45.6 Å². The molecule has 0 saturated heterocycles. The summed E-state index contributed by atoms with van der Waals surface area (Å²) in [5.41, 5.74) is 3.99. The van der Waals surface area contributed by atoms with Crippen LogP contribution < -0.4 is 28.4 Å². The normalized spacial score (nSPS) is 14.0. The Hall–Kier alpha value is -4.06. The maximum Gasteiger partial charge on any atom is 0.161 e. The molecule has 1 aliphatic rings. The third-order valence-corrected chi connectivity index (χ3v) is 6.26. The highest BCUT2D eigenvalue weighted by molar-refractivity contribution is 5.98. The van der Waals surface area contributed by atoms with E-state index in [-0.39, 0.29) is 6.10 Å². The van der Waals surface area contributed by atoms with Crippen LogP contribution in [-0.4, -0.2) is 35.5 Å². The SMILES string of the molecule is COc1ccc([C@H]2Oc3c(ccc4cc(OC)c(OC)cc34)-c3cc(OC)c(OC)cc32)cc1. The lowest BCUT2D eigenvalue weighted by molar-refractivity contribution is 0.245. The van der Waals surface area contributed by atoms with Gasteiger partial charge < -0.3 is 28.4 Å². The second-order valence-corrected chi connectivity index (χ2v) is 7.94. The topological polar surface area (TPSA) is 55.4 Å². The fourth-order valence-corrected chi connectivity index (χ4v) is 4.51. The van der Waals surface area contributed by atoms with Crippen LogP contribution >= 0.6 is 0 Å². The predicted molar refractivity (Wildman–Crippen MR) is 131 cm³/mol. The fourth-order valence-electron chi connectivity index (χ4n) is 4.51. The minimum atomic E-state index is -0.355. The summed E-state index contributed by atoms with van der Waals surface area (Å²) in [4.78, 5) is 0. The molecule has 6 nitrogen and oxygen atoms in total. The molecule has 0 saturated carbocycles. The highest BCUT2D eigenvalue weighted by Gasteiger charge is 2.31. The van der Waals surface area contributed by atoms with Gasteiger partial charge in [-0.3, -0.25) is 0 Å². The van der Waals surface area contributed by atoms with Crippen LogP contribution in [0.4, 0.5) is 0 Å². The van der Waals surface area contributed by atoms with Crippen molar-refractivity contribution in [3.63, 3.8) is 0 Å². The first-order valence-corrected chi connectivity index (χ1v) is 10.9. The molecule has 0 bridgehead atoms. The van der Waals surface area contributed by atoms with Crippen LogP contribution in [0.2, 0.25) is 0 Å². The van der Waals surface area contributed by atoms with Gasteiger partial charge in [0.15, 0.2) is 23.0 Å². The average Bonchev–Trinajstić information content (AvgIpc) is 2.90. The largest absolute Gasteiger partial charge is 0.497 e. The third kappa shape index (κ3) is 3.43. The summed E-state index contributed by atoms with van der Waals surface area (Å²) in [7, 11) is 8.20. The lowest BCUT2D eigenvalue weighted by Crippen LogP contribution is -2.16. The standard InChI is InChI=1S/C28H26O6/c1-29-18-9-6-16(7-10-18)27-22-15-26(33-5)25(32-4)14-21(22)19-11-8-17-12-23(30-2)24(31-3)13-20(17)28(19)34-27/h6-15,27H,1-5H3/t27-/m1/s1. The van der Waals surface area contributed by atoms with Gasteiger partial charge in [-0.15, -0.1) is 0 Å². The molecule has 0 amide bonds. The predicted octanol–water partition coefficient (Wildman–Crippen LogP) is 6.03. The van der Waals surface area contributed by atoms with Gasteiger partial charge in [-0.2, -0.15) is 0 Å². The number of hydrogen-bond donors (Lipinski definition) is 0. The van der Waals surface area contributed by atoms with Gasteiger partial charge in [-0.25, -0.2) is 0 Å². The van der Waals surface area contributed by atoms with Gasteiger partial charge in [-0.05, 0) is 59.0 Å². The highest BCUT2D eigenvalue weighted by Crippen LogP contribution is 2.51. The molecule has 5 rings (SSSR count). The molecule has 1 atom stereocenters. The van der Waals surface area contributed by atoms with Crippen molar-refractivity contribution in [2.24, 2.45) is 0 Å². The van der Waals surface area contributed by atoms with Crippen LogP contribution in [0.15, 0.2) is 60.7 Å². The minimum Gasteiger partial charge on any atom is -0.497 e. The van der Waals surface area contributed by atoms with Crippen molar-refractivity contribution in [1.29, 1.82) is 0 Å². The van der Waals surface area contributed by atoms with Gasteiger partial charge in [0, 0.05) is 16.5 Å². The second-order valence-electron chi connectivity index (χ2n) is 7.94. The van der Waals surface area contributed by atoms with Crippen LogP contribution in [0.5, 0.6) is 34.5 Å². The summed E-state index contributed by atoms with van der Waals surface area (Å²) in [5, 5.41) is 1.93. The van der Waals surface area contributed by atoms with Gasteiger partial charge in [0.1, 0.15) is 17.6 Å². The van der Waals surface area contributed by atoms with Crippen molar-refractivity contribution < 1.29 is 28.4 Å². The highest BCUT2D eigenvalue weighted by atomic mass is 16.5.